The van der Waals surface area contributed by atoms with Crippen molar-refractivity contribution in [1.29, 1.82) is 0 Å². The Morgan fingerprint density at radius 1 is 1.19 bits per heavy atom. The molecule has 0 aromatic carbocycles. The Kier molecular flexibility index (Phi) is 6.86. The molecule has 0 unspecified atom stereocenters. The summed E-state index contributed by atoms with van der Waals surface area (Å²) >= 11 is 1.94. The Morgan fingerprint density at radius 3 is 2.50 bits per heavy atom. The highest BCUT2D eigenvalue weighted by Gasteiger charge is 2.14. The molecule has 1 rings (SSSR count). The normalized spacial score (nSPS) is 22.6. The first kappa shape index (κ1) is 13.8. The van der Waals surface area contributed by atoms with Crippen LogP contribution in [0, 0.1) is 0 Å². The monoisotopic (exact) mass is 240 g/mol. The van der Waals surface area contributed by atoms with Crippen molar-refractivity contribution < 1.29 is 4.79 Å². The van der Waals surface area contributed by atoms with E-state index in [0.717, 1.165) is 18.4 Å². The van der Waals surface area contributed by atoms with Crippen molar-refractivity contribution in [2.75, 3.05) is 5.75 Å². The minimum atomic E-state index is 0.306. The summed E-state index contributed by atoms with van der Waals surface area (Å²) in [7, 11) is 0. The fourth-order valence-corrected chi connectivity index (χ4v) is 3.49. The van der Waals surface area contributed by atoms with E-state index in [4.69, 9.17) is 0 Å². The van der Waals surface area contributed by atoms with Crippen LogP contribution in [0.1, 0.15) is 65.2 Å². The van der Waals surface area contributed by atoms with Crippen LogP contribution in [0.25, 0.3) is 0 Å². The lowest BCUT2D eigenvalue weighted by atomic mass is 9.98. The zero-order chi connectivity index (χ0) is 11.8. The number of thioether (sulfide) groups is 1. The van der Waals surface area contributed by atoms with Crippen LogP contribution >= 0.6 is 11.8 Å². The third-order valence-electron chi connectivity index (χ3n) is 3.12. The van der Waals surface area contributed by atoms with Crippen molar-refractivity contribution in [3.05, 3.63) is 10.5 Å². The van der Waals surface area contributed by atoms with Gasteiger partial charge in [0, 0.05) is 5.57 Å². The summed E-state index contributed by atoms with van der Waals surface area (Å²) in [5.41, 5.74) is 1.14. The van der Waals surface area contributed by atoms with Crippen molar-refractivity contribution in [1.82, 2.24) is 0 Å². The summed E-state index contributed by atoms with van der Waals surface area (Å²) in [6, 6.07) is 0. The first-order chi connectivity index (χ1) is 7.75. The van der Waals surface area contributed by atoms with Crippen molar-refractivity contribution in [2.45, 2.75) is 65.2 Å². The molecule has 0 heterocycles. The number of carbonyl (C=O) groups excluding carboxylic acids is 1. The summed E-state index contributed by atoms with van der Waals surface area (Å²) in [6.07, 6.45) is 9.77. The van der Waals surface area contributed by atoms with Gasteiger partial charge in [-0.1, -0.05) is 26.2 Å². The lowest BCUT2D eigenvalue weighted by Crippen LogP contribution is -2.03. The molecule has 0 saturated carbocycles. The van der Waals surface area contributed by atoms with Crippen LogP contribution in [0.15, 0.2) is 10.5 Å². The van der Waals surface area contributed by atoms with Gasteiger partial charge >= 0.3 is 0 Å². The molecule has 0 spiro atoms. The predicted octanol–water partition coefficient (Wildman–Crippen LogP) is 4.72. The molecular weight excluding hydrogens is 216 g/mol. The first-order valence-electron chi connectivity index (χ1n) is 6.61. The molecule has 0 bridgehead atoms. The van der Waals surface area contributed by atoms with Crippen molar-refractivity contribution >= 4 is 17.5 Å². The topological polar surface area (TPSA) is 17.1 Å². The highest BCUT2D eigenvalue weighted by atomic mass is 32.2. The second kappa shape index (κ2) is 7.94. The van der Waals surface area contributed by atoms with Gasteiger partial charge in [-0.2, -0.15) is 0 Å². The van der Waals surface area contributed by atoms with Gasteiger partial charge in [0.25, 0.3) is 0 Å². The fourth-order valence-electron chi connectivity index (χ4n) is 2.10. The summed E-state index contributed by atoms with van der Waals surface area (Å²) in [6.45, 7) is 3.95. The number of allylic oxidation sites excluding steroid dienone is 2. The SMILES string of the molecule is CCCCS/C1=C(\C(C)=O)CCCCCC1. The predicted molar refractivity (Wildman–Crippen MR) is 72.8 cm³/mol. The largest absolute Gasteiger partial charge is 0.295 e. The second-order valence-electron chi connectivity index (χ2n) is 4.57. The minimum absolute atomic E-state index is 0.306. The highest BCUT2D eigenvalue weighted by Crippen LogP contribution is 2.32. The molecule has 0 aromatic rings. The van der Waals surface area contributed by atoms with Gasteiger partial charge in [0.05, 0.1) is 0 Å². The quantitative estimate of drug-likeness (QED) is 0.647. The summed E-state index contributed by atoms with van der Waals surface area (Å²) < 4.78 is 0. The highest BCUT2D eigenvalue weighted by molar-refractivity contribution is 8.03. The third kappa shape index (κ3) is 4.73. The summed E-state index contributed by atoms with van der Waals surface area (Å²) in [4.78, 5) is 13.0. The van der Waals surface area contributed by atoms with E-state index in [1.807, 2.05) is 11.8 Å². The van der Waals surface area contributed by atoms with E-state index in [9.17, 15) is 4.79 Å². The van der Waals surface area contributed by atoms with Gasteiger partial charge in [0.1, 0.15) is 0 Å². The molecule has 0 amide bonds. The number of unbranched alkanes of at least 4 members (excludes halogenated alkanes) is 1. The Balaban J connectivity index is 2.65. The Hall–Kier alpha value is -0.240. The van der Waals surface area contributed by atoms with Crippen LogP contribution in [-0.2, 0) is 4.79 Å². The van der Waals surface area contributed by atoms with Crippen LogP contribution in [-0.4, -0.2) is 11.5 Å². The Bertz CT molecular complexity index is 255. The molecule has 92 valence electrons. The molecular formula is C14H24OS. The second-order valence-corrected chi connectivity index (χ2v) is 5.76. The smallest absolute Gasteiger partial charge is 0.156 e. The maximum absolute atomic E-state index is 11.6. The van der Waals surface area contributed by atoms with Crippen molar-refractivity contribution in [2.24, 2.45) is 0 Å². The number of hydrogen-bond acceptors (Lipinski definition) is 2. The molecule has 0 atom stereocenters. The van der Waals surface area contributed by atoms with Gasteiger partial charge in [-0.05, 0) is 49.7 Å². The Morgan fingerprint density at radius 2 is 1.88 bits per heavy atom. The van der Waals surface area contributed by atoms with Gasteiger partial charge in [0.15, 0.2) is 5.78 Å². The maximum Gasteiger partial charge on any atom is 0.156 e. The molecule has 0 aromatic heterocycles. The molecule has 16 heavy (non-hydrogen) atoms. The Labute approximate surface area is 104 Å². The molecule has 0 radical (unpaired) electrons. The molecule has 0 fully saturated rings. The minimum Gasteiger partial charge on any atom is -0.295 e. The van der Waals surface area contributed by atoms with E-state index in [2.05, 4.69) is 6.92 Å². The zero-order valence-corrected chi connectivity index (χ0v) is 11.5. The summed E-state index contributed by atoms with van der Waals surface area (Å²) in [5, 5.41) is 0. The molecule has 1 nitrogen and oxygen atoms in total. The first-order valence-corrected chi connectivity index (χ1v) is 7.60. The fraction of sp³-hybridized carbons (Fsp3) is 0.786. The van der Waals surface area contributed by atoms with Gasteiger partial charge < -0.3 is 0 Å². The van der Waals surface area contributed by atoms with Crippen molar-refractivity contribution in [3.8, 4) is 0 Å². The van der Waals surface area contributed by atoms with Crippen LogP contribution in [0.2, 0.25) is 0 Å². The number of hydrogen-bond donors (Lipinski definition) is 0. The molecule has 1 aliphatic carbocycles. The van der Waals surface area contributed by atoms with Gasteiger partial charge in [-0.15, -0.1) is 11.8 Å². The molecule has 0 N–H and O–H groups in total. The average molecular weight is 240 g/mol. The van der Waals surface area contributed by atoms with Crippen molar-refractivity contribution in [3.63, 3.8) is 0 Å². The van der Waals surface area contributed by atoms with Crippen LogP contribution < -0.4 is 0 Å². The van der Waals surface area contributed by atoms with E-state index in [0.29, 0.717) is 5.78 Å². The van der Waals surface area contributed by atoms with Crippen LogP contribution in [0.5, 0.6) is 0 Å². The van der Waals surface area contributed by atoms with E-state index < -0.39 is 0 Å². The maximum atomic E-state index is 11.6. The van der Waals surface area contributed by atoms with Crippen LogP contribution in [0.4, 0.5) is 0 Å². The molecule has 0 aliphatic heterocycles. The zero-order valence-electron chi connectivity index (χ0n) is 10.7. The van der Waals surface area contributed by atoms with E-state index in [1.165, 1.54) is 49.2 Å². The standard InChI is InChI=1S/C14H24OS/c1-3-4-11-16-14-10-8-6-5-7-9-13(14)12(2)15/h3-11H2,1-2H3/b14-13-. The van der Waals surface area contributed by atoms with Gasteiger partial charge in [-0.25, -0.2) is 0 Å². The van der Waals surface area contributed by atoms with Gasteiger partial charge in [-0.3, -0.25) is 4.79 Å². The summed E-state index contributed by atoms with van der Waals surface area (Å²) in [5.74, 6) is 1.49. The average Bonchev–Trinajstić information content (AvgIpc) is 2.21. The van der Waals surface area contributed by atoms with E-state index in [-0.39, 0.29) is 0 Å². The van der Waals surface area contributed by atoms with Gasteiger partial charge in [0.2, 0.25) is 0 Å². The van der Waals surface area contributed by atoms with E-state index in [1.54, 1.807) is 6.92 Å². The lowest BCUT2D eigenvalue weighted by Gasteiger charge is -2.16. The number of rotatable bonds is 5. The molecule has 1 aliphatic rings. The number of Topliss-reactive ketones (excluding diaryl/α,β-unsaturated/α-hetero) is 1. The molecule has 0 saturated heterocycles. The lowest BCUT2D eigenvalue weighted by molar-refractivity contribution is -0.113. The number of ketones is 1. The number of carbonyl (C=O) groups is 1. The van der Waals surface area contributed by atoms with Crippen LogP contribution in [0.3, 0.4) is 0 Å². The van der Waals surface area contributed by atoms with E-state index >= 15 is 0 Å². The third-order valence-corrected chi connectivity index (χ3v) is 4.41. The molecule has 2 heteroatoms.